The van der Waals surface area contributed by atoms with Gasteiger partial charge in [-0.2, -0.15) is 0 Å². The van der Waals surface area contributed by atoms with Crippen LogP contribution in [0.2, 0.25) is 5.04 Å². The fraction of sp³-hybridized carbons (Fsp3) is 0.292. The van der Waals surface area contributed by atoms with Crippen molar-refractivity contribution in [2.75, 3.05) is 7.11 Å². The van der Waals surface area contributed by atoms with Crippen LogP contribution in [0, 0.1) is 6.92 Å². The number of aryl methyl sites for hydroxylation is 1. The van der Waals surface area contributed by atoms with Gasteiger partial charge in [-0.15, -0.1) is 11.3 Å². The first-order valence-electron chi connectivity index (χ1n) is 9.72. The van der Waals surface area contributed by atoms with E-state index >= 15 is 0 Å². The van der Waals surface area contributed by atoms with E-state index in [2.05, 4.69) is 69.3 Å². The maximum Gasteiger partial charge on any atom is 0.348 e. The molecular formula is C24H28O3SSi. The lowest BCUT2D eigenvalue weighted by Crippen LogP contribution is -2.66. The van der Waals surface area contributed by atoms with E-state index in [1.54, 1.807) is 0 Å². The van der Waals surface area contributed by atoms with E-state index in [1.807, 2.05) is 25.1 Å². The zero-order valence-electron chi connectivity index (χ0n) is 17.7. The van der Waals surface area contributed by atoms with Gasteiger partial charge in [0.2, 0.25) is 0 Å². The smallest absolute Gasteiger partial charge is 0.348 e. The summed E-state index contributed by atoms with van der Waals surface area (Å²) >= 11 is 1.46. The monoisotopic (exact) mass is 424 g/mol. The van der Waals surface area contributed by atoms with Gasteiger partial charge in [0.1, 0.15) is 4.88 Å². The number of thiophene rings is 1. The van der Waals surface area contributed by atoms with Gasteiger partial charge >= 0.3 is 5.97 Å². The lowest BCUT2D eigenvalue weighted by atomic mass is 10.2. The van der Waals surface area contributed by atoms with Crippen LogP contribution in [0.5, 0.6) is 0 Å². The third-order valence-corrected chi connectivity index (χ3v) is 11.4. The summed E-state index contributed by atoms with van der Waals surface area (Å²) in [5.41, 5.74) is 0.933. The molecule has 0 fully saturated rings. The van der Waals surface area contributed by atoms with Crippen molar-refractivity contribution in [1.82, 2.24) is 0 Å². The third-order valence-electron chi connectivity index (χ3n) is 5.19. The molecule has 0 spiro atoms. The molecule has 0 aliphatic carbocycles. The summed E-state index contributed by atoms with van der Waals surface area (Å²) in [6, 6.07) is 23.2. The molecule has 0 bridgehead atoms. The average Bonchev–Trinajstić information content (AvgIpc) is 3.09. The van der Waals surface area contributed by atoms with Crippen LogP contribution < -0.4 is 10.4 Å². The van der Waals surface area contributed by atoms with Gasteiger partial charge in [-0.05, 0) is 34.0 Å². The van der Waals surface area contributed by atoms with Crippen molar-refractivity contribution in [3.8, 4) is 0 Å². The van der Waals surface area contributed by atoms with Gasteiger partial charge in [0.15, 0.2) is 0 Å². The predicted molar refractivity (Wildman–Crippen MR) is 123 cm³/mol. The second-order valence-corrected chi connectivity index (χ2v) is 13.6. The summed E-state index contributed by atoms with van der Waals surface area (Å²) in [4.78, 5) is 13.7. The number of methoxy groups -OCH3 is 1. The number of carbonyl (C=O) groups is 1. The van der Waals surface area contributed by atoms with Crippen molar-refractivity contribution >= 4 is 36.0 Å². The fourth-order valence-corrected chi connectivity index (χ4v) is 9.49. The van der Waals surface area contributed by atoms with Crippen LogP contribution in [0.1, 0.15) is 40.9 Å². The Morgan fingerprint density at radius 2 is 1.48 bits per heavy atom. The normalized spacial score (nSPS) is 12.0. The Morgan fingerprint density at radius 1 is 0.966 bits per heavy atom. The van der Waals surface area contributed by atoms with E-state index in [0.29, 0.717) is 11.5 Å². The summed E-state index contributed by atoms with van der Waals surface area (Å²) in [5, 5.41) is 2.42. The summed E-state index contributed by atoms with van der Waals surface area (Å²) < 4.78 is 11.8. The van der Waals surface area contributed by atoms with Crippen molar-refractivity contribution in [2.24, 2.45) is 0 Å². The molecule has 0 radical (unpaired) electrons. The largest absolute Gasteiger partial charge is 0.465 e. The number of rotatable bonds is 6. The zero-order valence-corrected chi connectivity index (χ0v) is 19.5. The number of hydrogen-bond acceptors (Lipinski definition) is 4. The lowest BCUT2D eigenvalue weighted by molar-refractivity contribution is 0.0605. The summed E-state index contributed by atoms with van der Waals surface area (Å²) in [7, 11) is -1.17. The number of esters is 1. The van der Waals surface area contributed by atoms with Crippen LogP contribution in [0.4, 0.5) is 0 Å². The van der Waals surface area contributed by atoms with Crippen LogP contribution in [0.15, 0.2) is 66.7 Å². The topological polar surface area (TPSA) is 35.5 Å². The second-order valence-electron chi connectivity index (χ2n) is 8.17. The Kier molecular flexibility index (Phi) is 6.41. The van der Waals surface area contributed by atoms with E-state index in [-0.39, 0.29) is 11.0 Å². The SMILES string of the molecule is COC(=O)c1sc(CO[Si](c2ccccc2)(c2ccccc2)C(C)(C)C)cc1C. The number of carbonyl (C=O) groups excluding carboxylic acids is 1. The van der Waals surface area contributed by atoms with Gasteiger partial charge in [0.05, 0.1) is 13.7 Å². The van der Waals surface area contributed by atoms with Crippen molar-refractivity contribution in [1.29, 1.82) is 0 Å². The Labute approximate surface area is 178 Å². The molecule has 0 N–H and O–H groups in total. The van der Waals surface area contributed by atoms with Crippen LogP contribution >= 0.6 is 11.3 Å². The molecule has 1 aromatic heterocycles. The zero-order chi connectivity index (χ0) is 21.1. The van der Waals surface area contributed by atoms with Crippen LogP contribution in [0.25, 0.3) is 0 Å². The highest BCUT2D eigenvalue weighted by molar-refractivity contribution is 7.14. The molecule has 3 aromatic rings. The molecule has 0 atom stereocenters. The summed E-state index contributed by atoms with van der Waals surface area (Å²) in [6.45, 7) is 9.20. The van der Waals surface area contributed by atoms with Crippen molar-refractivity contribution in [3.05, 3.63) is 82.0 Å². The first-order valence-corrected chi connectivity index (χ1v) is 12.4. The molecule has 152 valence electrons. The van der Waals surface area contributed by atoms with Gasteiger partial charge in [-0.25, -0.2) is 4.79 Å². The molecule has 0 saturated carbocycles. The Bertz CT molecular complexity index is 919. The van der Waals surface area contributed by atoms with E-state index in [0.717, 1.165) is 10.4 Å². The highest BCUT2D eigenvalue weighted by Crippen LogP contribution is 2.38. The van der Waals surface area contributed by atoms with Crippen LogP contribution in [-0.4, -0.2) is 21.4 Å². The lowest BCUT2D eigenvalue weighted by Gasteiger charge is -2.43. The summed E-state index contributed by atoms with van der Waals surface area (Å²) in [5.74, 6) is -0.288. The molecule has 3 nitrogen and oxygen atoms in total. The van der Waals surface area contributed by atoms with Gasteiger partial charge < -0.3 is 9.16 Å². The van der Waals surface area contributed by atoms with Crippen LogP contribution in [-0.2, 0) is 15.8 Å². The maximum absolute atomic E-state index is 12.0. The molecule has 0 unspecified atom stereocenters. The number of hydrogen-bond donors (Lipinski definition) is 0. The average molecular weight is 425 g/mol. The second kappa shape index (κ2) is 8.65. The third kappa shape index (κ3) is 4.22. The minimum Gasteiger partial charge on any atom is -0.465 e. The molecular weight excluding hydrogens is 396 g/mol. The Hall–Kier alpha value is -2.21. The minimum atomic E-state index is -2.59. The molecule has 2 aromatic carbocycles. The molecule has 1 heterocycles. The molecule has 0 saturated heterocycles. The first-order chi connectivity index (χ1) is 13.8. The van der Waals surface area contributed by atoms with Gasteiger partial charge in [-0.3, -0.25) is 0 Å². The van der Waals surface area contributed by atoms with Gasteiger partial charge in [-0.1, -0.05) is 81.4 Å². The van der Waals surface area contributed by atoms with Gasteiger partial charge in [0, 0.05) is 4.88 Å². The quantitative estimate of drug-likeness (QED) is 0.416. The fourth-order valence-electron chi connectivity index (χ4n) is 3.86. The molecule has 0 aliphatic heterocycles. The maximum atomic E-state index is 12.0. The Morgan fingerprint density at radius 3 is 1.93 bits per heavy atom. The predicted octanol–water partition coefficient (Wildman–Crippen LogP) is 4.92. The molecule has 0 aliphatic rings. The standard InChI is InChI=1S/C24H28O3SSi/c1-18-16-19(28-22(18)23(25)26-5)17-27-29(24(2,3)4,20-12-8-6-9-13-20)21-14-10-7-11-15-21/h6-16H,17H2,1-5H3. The van der Waals surface area contributed by atoms with Crippen molar-refractivity contribution in [3.63, 3.8) is 0 Å². The number of benzene rings is 2. The number of ether oxygens (including phenoxy) is 1. The minimum absolute atomic E-state index is 0.0762. The van der Waals surface area contributed by atoms with Crippen LogP contribution in [0.3, 0.4) is 0 Å². The Balaban J connectivity index is 2.06. The highest BCUT2D eigenvalue weighted by Gasteiger charge is 2.50. The summed E-state index contributed by atoms with van der Waals surface area (Å²) in [6.07, 6.45) is 0. The molecule has 0 amide bonds. The van der Waals surface area contributed by atoms with E-state index in [4.69, 9.17) is 9.16 Å². The first kappa shape index (κ1) is 21.5. The van der Waals surface area contributed by atoms with E-state index in [1.165, 1.54) is 28.8 Å². The highest BCUT2D eigenvalue weighted by atomic mass is 32.1. The molecule has 29 heavy (non-hydrogen) atoms. The molecule has 5 heteroatoms. The van der Waals surface area contributed by atoms with Crippen molar-refractivity contribution < 1.29 is 14.0 Å². The van der Waals surface area contributed by atoms with E-state index < -0.39 is 8.32 Å². The van der Waals surface area contributed by atoms with Gasteiger partial charge in [0.25, 0.3) is 8.32 Å². The van der Waals surface area contributed by atoms with Crippen molar-refractivity contribution in [2.45, 2.75) is 39.3 Å². The van der Waals surface area contributed by atoms with E-state index in [9.17, 15) is 4.79 Å². The molecule has 3 rings (SSSR count).